The molecule has 1 unspecified atom stereocenters. The molecular formula is C28H36N6O3S. The first-order chi connectivity index (χ1) is 17.9. The zero-order valence-electron chi connectivity index (χ0n) is 22.7. The normalized spacial score (nSPS) is 11.8. The molecule has 1 aromatic heterocycles. The minimum absolute atomic E-state index is 0.0459. The molecule has 38 heavy (non-hydrogen) atoms. The number of hydrogen-bond donors (Lipinski definition) is 3. The van der Waals surface area contributed by atoms with Gasteiger partial charge in [-0.15, -0.1) is 0 Å². The molecule has 3 aromatic rings. The van der Waals surface area contributed by atoms with Gasteiger partial charge in [-0.2, -0.15) is 4.37 Å². The second kappa shape index (κ2) is 12.1. The van der Waals surface area contributed by atoms with Gasteiger partial charge in [-0.1, -0.05) is 38.1 Å². The van der Waals surface area contributed by atoms with Crippen molar-refractivity contribution in [2.75, 3.05) is 36.2 Å². The van der Waals surface area contributed by atoms with Crippen molar-refractivity contribution in [2.45, 2.75) is 40.2 Å². The van der Waals surface area contributed by atoms with Crippen LogP contribution in [0.4, 0.5) is 17.1 Å². The maximum Gasteiger partial charge on any atom is 0.273 e. The number of carbonyl (C=O) groups excluding carboxylic acids is 3. The number of nitrogens with two attached hydrogens (primary N) is 2. The van der Waals surface area contributed by atoms with Crippen LogP contribution in [0.1, 0.15) is 63.2 Å². The molecule has 0 bridgehead atoms. The number of primary amides is 1. The van der Waals surface area contributed by atoms with Crippen LogP contribution in [0.3, 0.4) is 0 Å². The quantitative estimate of drug-likeness (QED) is 0.358. The number of benzene rings is 2. The van der Waals surface area contributed by atoms with Crippen LogP contribution in [0.2, 0.25) is 0 Å². The number of aryl methyl sites for hydroxylation is 2. The van der Waals surface area contributed by atoms with Crippen molar-refractivity contribution in [1.29, 1.82) is 0 Å². The van der Waals surface area contributed by atoms with Crippen LogP contribution in [0.5, 0.6) is 0 Å². The fourth-order valence-corrected chi connectivity index (χ4v) is 4.78. The van der Waals surface area contributed by atoms with Crippen molar-refractivity contribution in [1.82, 2.24) is 9.69 Å². The van der Waals surface area contributed by atoms with E-state index in [1.165, 1.54) is 4.90 Å². The van der Waals surface area contributed by atoms with E-state index in [1.54, 1.807) is 0 Å². The third kappa shape index (κ3) is 6.31. The molecule has 202 valence electrons. The fraction of sp³-hybridized carbons (Fsp3) is 0.357. The number of hydrogen-bond acceptors (Lipinski definition) is 7. The molecule has 0 radical (unpaired) electrons. The van der Waals surface area contributed by atoms with Gasteiger partial charge in [-0.25, -0.2) is 0 Å². The summed E-state index contributed by atoms with van der Waals surface area (Å²) in [6.07, 6.45) is 0.791. The summed E-state index contributed by atoms with van der Waals surface area (Å²) >= 11 is 0.793. The van der Waals surface area contributed by atoms with Crippen LogP contribution >= 0.6 is 11.5 Å². The molecule has 0 saturated carbocycles. The van der Waals surface area contributed by atoms with E-state index in [0.29, 0.717) is 23.7 Å². The average molecular weight is 537 g/mol. The number of amides is 3. The zero-order chi connectivity index (χ0) is 28.1. The Morgan fingerprint density at radius 2 is 1.71 bits per heavy atom. The van der Waals surface area contributed by atoms with Gasteiger partial charge in [-0.05, 0) is 72.6 Å². The van der Waals surface area contributed by atoms with E-state index in [2.05, 4.69) is 23.5 Å². The van der Waals surface area contributed by atoms with E-state index < -0.39 is 17.9 Å². The Morgan fingerprint density at radius 3 is 2.26 bits per heavy atom. The van der Waals surface area contributed by atoms with Crippen LogP contribution in [0, 0.1) is 19.8 Å². The molecular weight excluding hydrogens is 500 g/mol. The Balaban J connectivity index is 2.22. The van der Waals surface area contributed by atoms with Crippen molar-refractivity contribution in [3.63, 3.8) is 0 Å². The van der Waals surface area contributed by atoms with Crippen molar-refractivity contribution in [3.8, 4) is 0 Å². The lowest BCUT2D eigenvalue weighted by Crippen LogP contribution is -2.44. The zero-order valence-corrected chi connectivity index (χ0v) is 23.6. The van der Waals surface area contributed by atoms with Crippen molar-refractivity contribution in [2.24, 2.45) is 11.7 Å². The first-order valence-electron chi connectivity index (χ1n) is 12.4. The van der Waals surface area contributed by atoms with Crippen molar-refractivity contribution in [3.05, 3.63) is 69.7 Å². The van der Waals surface area contributed by atoms with Gasteiger partial charge in [-0.3, -0.25) is 19.3 Å². The fourth-order valence-electron chi connectivity index (χ4n) is 4.04. The Morgan fingerprint density at radius 1 is 1.05 bits per heavy atom. The first kappa shape index (κ1) is 28.6. The predicted molar refractivity (Wildman–Crippen MR) is 154 cm³/mol. The molecule has 0 aliphatic carbocycles. The molecule has 2 aromatic carbocycles. The minimum Gasteiger partial charge on any atom is -0.395 e. The molecule has 3 rings (SSSR count). The van der Waals surface area contributed by atoms with Crippen molar-refractivity contribution >= 4 is 46.3 Å². The van der Waals surface area contributed by atoms with Crippen LogP contribution < -0.4 is 26.6 Å². The van der Waals surface area contributed by atoms with E-state index in [0.717, 1.165) is 34.8 Å². The van der Waals surface area contributed by atoms with Crippen LogP contribution in [-0.4, -0.2) is 42.7 Å². The van der Waals surface area contributed by atoms with Gasteiger partial charge in [0.15, 0.2) is 5.69 Å². The highest BCUT2D eigenvalue weighted by Crippen LogP contribution is 2.35. The van der Waals surface area contributed by atoms with E-state index in [4.69, 9.17) is 11.5 Å². The largest absolute Gasteiger partial charge is 0.395 e. The van der Waals surface area contributed by atoms with Gasteiger partial charge < -0.3 is 21.7 Å². The summed E-state index contributed by atoms with van der Waals surface area (Å²) in [6.45, 7) is 8.42. The molecule has 1 heterocycles. The summed E-state index contributed by atoms with van der Waals surface area (Å²) in [5.74, 6) is -1.29. The number of nitrogen functional groups attached to an aromatic ring is 1. The molecule has 10 heteroatoms. The lowest BCUT2D eigenvalue weighted by atomic mass is 10.00. The number of nitrogens with one attached hydrogen (secondary N) is 1. The van der Waals surface area contributed by atoms with Gasteiger partial charge in [0.1, 0.15) is 10.9 Å². The summed E-state index contributed by atoms with van der Waals surface area (Å²) < 4.78 is 4.02. The van der Waals surface area contributed by atoms with E-state index in [-0.39, 0.29) is 22.2 Å². The first-order valence-corrected chi connectivity index (χ1v) is 13.2. The summed E-state index contributed by atoms with van der Waals surface area (Å²) in [7, 11) is 3.86. The molecule has 3 amide bonds. The highest BCUT2D eigenvalue weighted by atomic mass is 32.1. The van der Waals surface area contributed by atoms with Crippen LogP contribution in [-0.2, 0) is 4.79 Å². The topological polar surface area (TPSA) is 135 Å². The molecule has 0 spiro atoms. The minimum atomic E-state index is -1.01. The van der Waals surface area contributed by atoms with Gasteiger partial charge in [0.25, 0.3) is 11.8 Å². The molecule has 0 saturated heterocycles. The Hall–Kier alpha value is -3.92. The average Bonchev–Trinajstić information content (AvgIpc) is 3.25. The molecule has 9 nitrogen and oxygen atoms in total. The van der Waals surface area contributed by atoms with Gasteiger partial charge in [0, 0.05) is 32.0 Å². The lowest BCUT2D eigenvalue weighted by molar-refractivity contribution is -0.122. The van der Waals surface area contributed by atoms with Crippen LogP contribution in [0.25, 0.3) is 0 Å². The summed E-state index contributed by atoms with van der Waals surface area (Å²) in [5, 5.41) is 3.02. The maximum absolute atomic E-state index is 14.2. The molecule has 0 aliphatic heterocycles. The smallest absolute Gasteiger partial charge is 0.273 e. The van der Waals surface area contributed by atoms with E-state index in [1.807, 2.05) is 75.3 Å². The number of rotatable bonds is 10. The summed E-state index contributed by atoms with van der Waals surface area (Å²) in [4.78, 5) is 43.3. The van der Waals surface area contributed by atoms with Gasteiger partial charge in [0.2, 0.25) is 5.91 Å². The number of carbonyl (C=O) groups is 3. The number of aromatic nitrogens is 1. The highest BCUT2D eigenvalue weighted by Gasteiger charge is 2.36. The van der Waals surface area contributed by atoms with E-state index in [9.17, 15) is 14.4 Å². The Labute approximate surface area is 228 Å². The maximum atomic E-state index is 14.2. The highest BCUT2D eigenvalue weighted by molar-refractivity contribution is 7.09. The number of anilines is 3. The van der Waals surface area contributed by atoms with Crippen molar-refractivity contribution < 1.29 is 14.4 Å². The standard InChI is InChI=1S/C28H36N6O3S/c1-16(2)13-14-31-27(36)24(19-9-11-20(12-10-19)33(5)6)34(21-15-17(3)7-8-18(21)4)28(37)25-22(29)23(26(30)35)32-38-25/h7-12,15-16,24H,13-14,29H2,1-6H3,(H2,30,35)(H,31,36). The second-order valence-electron chi connectivity index (χ2n) is 9.97. The summed E-state index contributed by atoms with van der Waals surface area (Å²) in [6, 6.07) is 12.2. The number of nitrogens with zero attached hydrogens (tertiary/aromatic N) is 3. The SMILES string of the molecule is Cc1ccc(C)c(N(C(=O)c2snc(C(N)=O)c2N)C(C(=O)NCCC(C)C)c2ccc(N(C)C)cc2)c1. The second-order valence-corrected chi connectivity index (χ2v) is 10.7. The third-order valence-electron chi connectivity index (χ3n) is 6.25. The monoisotopic (exact) mass is 536 g/mol. The predicted octanol–water partition coefficient (Wildman–Crippen LogP) is 4.06. The molecule has 0 aliphatic rings. The van der Waals surface area contributed by atoms with Crippen LogP contribution in [0.15, 0.2) is 42.5 Å². The Bertz CT molecular complexity index is 1320. The summed E-state index contributed by atoms with van der Waals surface area (Å²) in [5.41, 5.74) is 15.2. The third-order valence-corrected chi connectivity index (χ3v) is 7.10. The van der Waals surface area contributed by atoms with Gasteiger partial charge >= 0.3 is 0 Å². The molecule has 1 atom stereocenters. The Kier molecular flexibility index (Phi) is 9.11. The molecule has 0 fully saturated rings. The lowest BCUT2D eigenvalue weighted by Gasteiger charge is -2.33. The molecule has 5 N–H and O–H groups in total. The van der Waals surface area contributed by atoms with E-state index >= 15 is 0 Å². The van der Waals surface area contributed by atoms with Gasteiger partial charge in [0.05, 0.1) is 5.69 Å².